The van der Waals surface area contributed by atoms with E-state index in [1.54, 1.807) is 12.1 Å². The molecular weight excluding hydrogens is 357 g/mol. The van der Waals surface area contributed by atoms with E-state index in [1.165, 1.54) is 24.3 Å². The molecule has 2 aromatic rings. The number of anilines is 1. The summed E-state index contributed by atoms with van der Waals surface area (Å²) in [6.45, 7) is -2.58. The highest BCUT2D eigenvalue weighted by atomic mass is 35.5. The number of amides is 1. The van der Waals surface area contributed by atoms with Crippen molar-refractivity contribution >= 4 is 23.2 Å². The van der Waals surface area contributed by atoms with Crippen LogP contribution in [-0.2, 0) is 11.2 Å². The fourth-order valence-corrected chi connectivity index (χ4v) is 2.21. The van der Waals surface area contributed by atoms with Crippen LogP contribution in [0.15, 0.2) is 42.5 Å². The Morgan fingerprint density at radius 1 is 1.16 bits per heavy atom. The van der Waals surface area contributed by atoms with Crippen molar-refractivity contribution < 1.29 is 22.7 Å². The highest BCUT2D eigenvalue weighted by Crippen LogP contribution is 2.18. The second-order valence-corrected chi connectivity index (χ2v) is 5.54. The molecular formula is C17H16ClF3N2O2. The topological polar surface area (TPSA) is 50.4 Å². The third-order valence-electron chi connectivity index (χ3n) is 3.25. The summed E-state index contributed by atoms with van der Waals surface area (Å²) in [5.74, 6) is -0.754. The van der Waals surface area contributed by atoms with Crippen molar-refractivity contribution in [2.75, 3.05) is 18.4 Å². The van der Waals surface area contributed by atoms with E-state index in [0.29, 0.717) is 13.0 Å². The van der Waals surface area contributed by atoms with Gasteiger partial charge < -0.3 is 15.4 Å². The number of hydrogen-bond donors (Lipinski definition) is 2. The fourth-order valence-electron chi connectivity index (χ4n) is 2.05. The first-order valence-corrected chi connectivity index (χ1v) is 7.81. The number of halogens is 4. The zero-order valence-corrected chi connectivity index (χ0v) is 13.8. The number of carbonyl (C=O) groups excluding carboxylic acids is 1. The van der Waals surface area contributed by atoms with Crippen LogP contribution >= 0.6 is 11.6 Å². The summed E-state index contributed by atoms with van der Waals surface area (Å²) < 4.78 is 41.9. The highest BCUT2D eigenvalue weighted by Gasteiger charge is 2.06. The normalized spacial score (nSPS) is 10.6. The molecule has 0 heterocycles. The van der Waals surface area contributed by atoms with Crippen molar-refractivity contribution in [1.82, 2.24) is 5.32 Å². The zero-order valence-electron chi connectivity index (χ0n) is 13.1. The van der Waals surface area contributed by atoms with E-state index in [1.807, 2.05) is 0 Å². The maximum absolute atomic E-state index is 13.6. The van der Waals surface area contributed by atoms with Gasteiger partial charge in [-0.1, -0.05) is 23.7 Å². The van der Waals surface area contributed by atoms with Gasteiger partial charge in [0, 0.05) is 11.6 Å². The van der Waals surface area contributed by atoms with E-state index >= 15 is 0 Å². The van der Waals surface area contributed by atoms with Crippen molar-refractivity contribution in [3.05, 3.63) is 58.9 Å². The number of carbonyl (C=O) groups is 1. The molecule has 0 atom stereocenters. The maximum atomic E-state index is 13.6. The van der Waals surface area contributed by atoms with E-state index in [2.05, 4.69) is 15.4 Å². The minimum atomic E-state index is -2.86. The van der Waals surface area contributed by atoms with Crippen molar-refractivity contribution in [1.29, 1.82) is 0 Å². The Labute approximate surface area is 147 Å². The van der Waals surface area contributed by atoms with Crippen LogP contribution < -0.4 is 15.4 Å². The molecule has 2 rings (SSSR count). The van der Waals surface area contributed by atoms with Crippen molar-refractivity contribution in [2.24, 2.45) is 0 Å². The number of ether oxygens (including phenoxy) is 1. The summed E-state index contributed by atoms with van der Waals surface area (Å²) in [7, 11) is 0. The molecule has 0 unspecified atom stereocenters. The molecule has 0 aliphatic heterocycles. The summed E-state index contributed by atoms with van der Waals surface area (Å²) in [4.78, 5) is 11.7. The van der Waals surface area contributed by atoms with Gasteiger partial charge in [-0.25, -0.2) is 4.39 Å². The predicted octanol–water partition coefficient (Wildman–Crippen LogP) is 3.85. The minimum absolute atomic E-state index is 0.0805. The minimum Gasteiger partial charge on any atom is -0.435 e. The van der Waals surface area contributed by atoms with Gasteiger partial charge in [0.05, 0.1) is 12.2 Å². The van der Waals surface area contributed by atoms with Gasteiger partial charge in [-0.2, -0.15) is 8.78 Å². The lowest BCUT2D eigenvalue weighted by atomic mass is 10.1. The molecule has 0 saturated heterocycles. The molecule has 0 aromatic heterocycles. The fraction of sp³-hybridized carbons (Fsp3) is 0.235. The Bertz CT molecular complexity index is 712. The number of nitrogens with one attached hydrogen (secondary N) is 2. The van der Waals surface area contributed by atoms with Crippen LogP contribution in [0, 0.1) is 5.82 Å². The average Bonchev–Trinajstić information content (AvgIpc) is 2.55. The SMILES string of the molecule is O=C(CNc1ccc(Cl)cc1F)NCCc1ccc(OC(F)F)cc1. The van der Waals surface area contributed by atoms with Crippen LogP contribution in [0.4, 0.5) is 18.9 Å². The first-order chi connectivity index (χ1) is 11.9. The van der Waals surface area contributed by atoms with Crippen LogP contribution in [0.2, 0.25) is 5.02 Å². The maximum Gasteiger partial charge on any atom is 0.387 e. The number of rotatable bonds is 8. The first kappa shape index (κ1) is 18.9. The first-order valence-electron chi connectivity index (χ1n) is 7.43. The molecule has 0 bridgehead atoms. The molecule has 0 aliphatic rings. The highest BCUT2D eigenvalue weighted by molar-refractivity contribution is 6.30. The molecule has 0 fully saturated rings. The molecule has 134 valence electrons. The summed E-state index contributed by atoms with van der Waals surface area (Å²) in [5.41, 5.74) is 1.05. The average molecular weight is 373 g/mol. The third-order valence-corrected chi connectivity index (χ3v) is 3.49. The van der Waals surface area contributed by atoms with E-state index in [4.69, 9.17) is 11.6 Å². The van der Waals surface area contributed by atoms with Crippen LogP contribution in [0.1, 0.15) is 5.56 Å². The summed E-state index contributed by atoms with van der Waals surface area (Å²) in [6.07, 6.45) is 0.524. The van der Waals surface area contributed by atoms with Crippen LogP contribution in [0.25, 0.3) is 0 Å². The predicted molar refractivity (Wildman–Crippen MR) is 89.7 cm³/mol. The van der Waals surface area contributed by atoms with Gasteiger partial charge in [-0.05, 0) is 42.3 Å². The van der Waals surface area contributed by atoms with Crippen LogP contribution in [0.3, 0.4) is 0 Å². The Hall–Kier alpha value is -2.41. The Kier molecular flexibility index (Phi) is 6.94. The Morgan fingerprint density at radius 2 is 1.88 bits per heavy atom. The lowest BCUT2D eigenvalue weighted by molar-refractivity contribution is -0.119. The largest absolute Gasteiger partial charge is 0.435 e. The quantitative estimate of drug-likeness (QED) is 0.740. The van der Waals surface area contributed by atoms with Crippen molar-refractivity contribution in [3.8, 4) is 5.75 Å². The van der Waals surface area contributed by atoms with Crippen molar-refractivity contribution in [3.63, 3.8) is 0 Å². The van der Waals surface area contributed by atoms with E-state index in [9.17, 15) is 18.0 Å². The molecule has 8 heteroatoms. The van der Waals surface area contributed by atoms with Crippen molar-refractivity contribution in [2.45, 2.75) is 13.0 Å². The standard InChI is InChI=1S/C17H16ClF3N2O2/c18-12-3-6-15(14(19)9-12)23-10-16(24)22-8-7-11-1-4-13(5-2-11)25-17(20)21/h1-6,9,17,23H,7-8,10H2,(H,22,24). The van der Waals surface area contributed by atoms with Gasteiger partial charge in [0.2, 0.25) is 5.91 Å². The Balaban J connectivity index is 1.71. The van der Waals surface area contributed by atoms with Gasteiger partial charge in [-0.3, -0.25) is 4.79 Å². The van der Waals surface area contributed by atoms with Gasteiger partial charge in [-0.15, -0.1) is 0 Å². The van der Waals surface area contributed by atoms with Crippen LogP contribution in [-0.4, -0.2) is 25.6 Å². The molecule has 25 heavy (non-hydrogen) atoms. The number of hydrogen-bond acceptors (Lipinski definition) is 3. The number of benzene rings is 2. The third kappa shape index (κ3) is 6.54. The molecule has 0 spiro atoms. The molecule has 0 radical (unpaired) electrons. The number of alkyl halides is 2. The van der Waals surface area contributed by atoms with Gasteiger partial charge in [0.1, 0.15) is 11.6 Å². The Morgan fingerprint density at radius 3 is 2.52 bits per heavy atom. The molecule has 0 saturated carbocycles. The lowest BCUT2D eigenvalue weighted by Gasteiger charge is -2.09. The summed E-state index contributed by atoms with van der Waals surface area (Å²) >= 11 is 5.65. The monoisotopic (exact) mass is 372 g/mol. The van der Waals surface area contributed by atoms with Gasteiger partial charge >= 0.3 is 6.61 Å². The zero-order chi connectivity index (χ0) is 18.2. The summed E-state index contributed by atoms with van der Waals surface area (Å²) in [5, 5.41) is 5.63. The van der Waals surface area contributed by atoms with E-state index in [0.717, 1.165) is 11.6 Å². The molecule has 0 aliphatic carbocycles. The van der Waals surface area contributed by atoms with Crippen LogP contribution in [0.5, 0.6) is 5.75 Å². The van der Waals surface area contributed by atoms with Gasteiger partial charge in [0.25, 0.3) is 0 Å². The molecule has 4 nitrogen and oxygen atoms in total. The molecule has 2 aromatic carbocycles. The van der Waals surface area contributed by atoms with E-state index in [-0.39, 0.29) is 28.9 Å². The van der Waals surface area contributed by atoms with E-state index < -0.39 is 12.4 Å². The smallest absolute Gasteiger partial charge is 0.387 e. The summed E-state index contributed by atoms with van der Waals surface area (Å²) in [6, 6.07) is 10.3. The van der Waals surface area contributed by atoms with Gasteiger partial charge in [0.15, 0.2) is 0 Å². The second-order valence-electron chi connectivity index (χ2n) is 5.10. The molecule has 2 N–H and O–H groups in total. The molecule has 1 amide bonds. The lowest BCUT2D eigenvalue weighted by Crippen LogP contribution is -2.31. The second kappa shape index (κ2) is 9.17.